The number of nitrogens with zero attached hydrogens (tertiary/aromatic N) is 6. The average molecular weight is 509 g/mol. The van der Waals surface area contributed by atoms with Crippen LogP contribution < -0.4 is 10.5 Å². The van der Waals surface area contributed by atoms with Gasteiger partial charge in [-0.3, -0.25) is 4.79 Å². The summed E-state index contributed by atoms with van der Waals surface area (Å²) in [5.41, 5.74) is 9.50. The van der Waals surface area contributed by atoms with E-state index in [9.17, 15) is 4.79 Å². The van der Waals surface area contributed by atoms with E-state index in [4.69, 9.17) is 15.6 Å². The van der Waals surface area contributed by atoms with Crippen molar-refractivity contribution in [3.05, 3.63) is 79.1 Å². The molecule has 0 unspecified atom stereocenters. The summed E-state index contributed by atoms with van der Waals surface area (Å²) in [6, 6.07) is 17.4. The number of hydrogen-bond donors (Lipinski definition) is 2. The van der Waals surface area contributed by atoms with E-state index in [1.165, 1.54) is 6.33 Å². The number of carbonyl (C=O) groups excluding carboxylic acids is 1. The van der Waals surface area contributed by atoms with E-state index in [-0.39, 0.29) is 11.9 Å². The zero-order valence-corrected chi connectivity index (χ0v) is 20.8. The number of H-pyrrole nitrogens is 1. The second-order valence-corrected chi connectivity index (χ2v) is 9.39. The van der Waals surface area contributed by atoms with Gasteiger partial charge in [-0.1, -0.05) is 18.2 Å². The molecule has 0 radical (unpaired) electrons. The van der Waals surface area contributed by atoms with Crippen molar-refractivity contribution in [2.45, 2.75) is 31.7 Å². The third-order valence-corrected chi connectivity index (χ3v) is 6.87. The van der Waals surface area contributed by atoms with Crippen LogP contribution in [-0.4, -0.2) is 53.6 Å². The number of carbonyl (C=O) groups is 1. The molecular formula is C28H28N8O2. The first-order chi connectivity index (χ1) is 18.7. The Morgan fingerprint density at radius 2 is 1.87 bits per heavy atom. The summed E-state index contributed by atoms with van der Waals surface area (Å²) < 4.78 is 7.86. The Morgan fingerprint density at radius 3 is 2.66 bits per heavy atom. The summed E-state index contributed by atoms with van der Waals surface area (Å²) in [6.07, 6.45) is 7.75. The van der Waals surface area contributed by atoms with Gasteiger partial charge >= 0.3 is 0 Å². The number of amides is 1. The summed E-state index contributed by atoms with van der Waals surface area (Å²) in [5, 5.41) is 5.69. The minimum atomic E-state index is -0.00989. The van der Waals surface area contributed by atoms with Gasteiger partial charge in [0, 0.05) is 31.3 Å². The molecule has 10 heteroatoms. The van der Waals surface area contributed by atoms with E-state index in [0.717, 1.165) is 42.1 Å². The summed E-state index contributed by atoms with van der Waals surface area (Å²) in [6.45, 7) is 1.31. The number of piperidine rings is 1. The number of nitrogens with two attached hydrogens (primary N) is 1. The van der Waals surface area contributed by atoms with Crippen LogP contribution >= 0.6 is 0 Å². The fraction of sp³-hybridized carbons (Fsp3) is 0.250. The Kier molecular flexibility index (Phi) is 6.43. The van der Waals surface area contributed by atoms with Crippen LogP contribution in [0.3, 0.4) is 0 Å². The molecule has 3 N–H and O–H groups in total. The predicted molar refractivity (Wildman–Crippen MR) is 143 cm³/mol. The summed E-state index contributed by atoms with van der Waals surface area (Å²) in [5.74, 6) is 2.00. The first-order valence-electron chi connectivity index (χ1n) is 12.7. The molecule has 192 valence electrons. The first-order valence-corrected chi connectivity index (χ1v) is 12.7. The Labute approximate surface area is 219 Å². The van der Waals surface area contributed by atoms with Crippen molar-refractivity contribution in [2.75, 3.05) is 18.8 Å². The predicted octanol–water partition coefficient (Wildman–Crippen LogP) is 4.39. The fourth-order valence-electron chi connectivity index (χ4n) is 4.96. The minimum absolute atomic E-state index is 0.00989. The number of anilines is 1. The van der Waals surface area contributed by atoms with E-state index < -0.39 is 0 Å². The van der Waals surface area contributed by atoms with Gasteiger partial charge in [-0.25, -0.2) is 19.6 Å². The first kappa shape index (κ1) is 23.7. The molecule has 1 atom stereocenters. The monoisotopic (exact) mass is 508 g/mol. The molecule has 10 nitrogen and oxygen atoms in total. The Morgan fingerprint density at radius 1 is 1.05 bits per heavy atom. The molecule has 5 aromatic rings. The summed E-state index contributed by atoms with van der Waals surface area (Å²) in [7, 11) is 0. The zero-order chi connectivity index (χ0) is 25.9. The topological polar surface area (TPSA) is 128 Å². The quantitative estimate of drug-likeness (QED) is 0.334. The van der Waals surface area contributed by atoms with Crippen molar-refractivity contribution < 1.29 is 9.53 Å². The van der Waals surface area contributed by atoms with Crippen molar-refractivity contribution >= 4 is 22.8 Å². The maximum absolute atomic E-state index is 13.0. The highest BCUT2D eigenvalue weighted by Crippen LogP contribution is 2.35. The third-order valence-electron chi connectivity index (χ3n) is 6.87. The van der Waals surface area contributed by atoms with E-state index in [0.29, 0.717) is 41.9 Å². The van der Waals surface area contributed by atoms with Crippen molar-refractivity contribution in [3.8, 4) is 22.8 Å². The number of likely N-dealkylation sites (tertiary alicyclic amines) is 1. The zero-order valence-electron chi connectivity index (χ0n) is 20.8. The van der Waals surface area contributed by atoms with Gasteiger partial charge in [0.2, 0.25) is 5.91 Å². The normalized spacial score (nSPS) is 15.6. The van der Waals surface area contributed by atoms with Crippen LogP contribution in [0.1, 0.15) is 31.0 Å². The second-order valence-electron chi connectivity index (χ2n) is 9.39. The number of nitrogen functional groups attached to an aromatic ring is 1. The smallest absolute Gasteiger partial charge is 0.223 e. The number of aryl methyl sites for hydroxylation is 1. The van der Waals surface area contributed by atoms with Crippen LogP contribution in [0.25, 0.3) is 22.3 Å². The van der Waals surface area contributed by atoms with E-state index in [1.807, 2.05) is 70.4 Å². The van der Waals surface area contributed by atoms with Crippen LogP contribution in [-0.2, 0) is 11.2 Å². The number of fused-ring (bicyclic) bond motifs is 1. The number of aromatic amines is 1. The standard InChI is InChI=1S/C28H28N8O2/c29-27-25-26(19-8-11-23(12-9-19)38-22-6-2-1-3-7-22)34-36(28(25)33-18-32-27)21-5-4-14-35(16-21)24(37)13-10-20-15-30-17-31-20/h1-3,6-9,11-12,15,17-18,21H,4-5,10,13-14,16H2,(H,30,31)(H2,29,32,33)/t21-/m1/s1. The minimum Gasteiger partial charge on any atom is -0.457 e. The number of rotatable bonds is 7. The van der Waals surface area contributed by atoms with Gasteiger partial charge in [0.05, 0.1) is 23.4 Å². The van der Waals surface area contributed by atoms with Gasteiger partial charge in [0.1, 0.15) is 29.3 Å². The number of aromatic nitrogens is 6. The molecule has 1 aliphatic rings. The number of ether oxygens (including phenoxy) is 1. The van der Waals surface area contributed by atoms with Crippen molar-refractivity contribution in [3.63, 3.8) is 0 Å². The highest BCUT2D eigenvalue weighted by Gasteiger charge is 2.28. The van der Waals surface area contributed by atoms with Crippen LogP contribution in [0.15, 0.2) is 73.4 Å². The average Bonchev–Trinajstić information content (AvgIpc) is 3.62. The van der Waals surface area contributed by atoms with Crippen molar-refractivity contribution in [1.82, 2.24) is 34.6 Å². The molecular weight excluding hydrogens is 480 g/mol. The van der Waals surface area contributed by atoms with E-state index in [1.54, 1.807) is 6.33 Å². The summed E-state index contributed by atoms with van der Waals surface area (Å²) in [4.78, 5) is 30.8. The molecule has 0 saturated carbocycles. The maximum Gasteiger partial charge on any atom is 0.223 e. The second kappa shape index (κ2) is 10.3. The lowest BCUT2D eigenvalue weighted by Crippen LogP contribution is -2.41. The molecule has 2 aromatic carbocycles. The molecule has 4 heterocycles. The lowest BCUT2D eigenvalue weighted by Gasteiger charge is -2.33. The van der Waals surface area contributed by atoms with Gasteiger partial charge in [0.25, 0.3) is 0 Å². The van der Waals surface area contributed by atoms with Crippen LogP contribution in [0.4, 0.5) is 5.82 Å². The van der Waals surface area contributed by atoms with E-state index in [2.05, 4.69) is 19.9 Å². The van der Waals surface area contributed by atoms with Crippen LogP contribution in [0, 0.1) is 0 Å². The molecule has 38 heavy (non-hydrogen) atoms. The number of imidazole rings is 1. The lowest BCUT2D eigenvalue weighted by atomic mass is 10.0. The number of benzene rings is 2. The highest BCUT2D eigenvalue weighted by molar-refractivity contribution is 5.98. The largest absolute Gasteiger partial charge is 0.457 e. The molecule has 0 bridgehead atoms. The molecule has 6 rings (SSSR count). The van der Waals surface area contributed by atoms with Crippen LogP contribution in [0.5, 0.6) is 11.5 Å². The molecule has 1 saturated heterocycles. The fourth-order valence-corrected chi connectivity index (χ4v) is 4.96. The Bertz CT molecular complexity index is 1530. The molecule has 1 aliphatic heterocycles. The van der Waals surface area contributed by atoms with Crippen molar-refractivity contribution in [2.24, 2.45) is 0 Å². The summed E-state index contributed by atoms with van der Waals surface area (Å²) >= 11 is 0. The van der Waals surface area contributed by atoms with Gasteiger partial charge in [0.15, 0.2) is 5.65 Å². The molecule has 0 spiro atoms. The van der Waals surface area contributed by atoms with Crippen LogP contribution in [0.2, 0.25) is 0 Å². The van der Waals surface area contributed by atoms with Gasteiger partial charge in [-0.05, 0) is 55.7 Å². The third kappa shape index (κ3) is 4.80. The van der Waals surface area contributed by atoms with Gasteiger partial charge < -0.3 is 20.4 Å². The highest BCUT2D eigenvalue weighted by atomic mass is 16.5. The van der Waals surface area contributed by atoms with Crippen molar-refractivity contribution in [1.29, 1.82) is 0 Å². The number of hydrogen-bond acceptors (Lipinski definition) is 7. The Hall–Kier alpha value is -4.73. The van der Waals surface area contributed by atoms with E-state index >= 15 is 0 Å². The lowest BCUT2D eigenvalue weighted by molar-refractivity contribution is -0.132. The molecule has 0 aliphatic carbocycles. The SMILES string of the molecule is Nc1ncnc2c1c(-c1ccc(Oc3ccccc3)cc1)nn2[C@@H]1CCCN(C(=O)CCc2c[nH]cn2)C1. The molecule has 1 amide bonds. The maximum atomic E-state index is 13.0. The molecule has 3 aromatic heterocycles. The van der Waals surface area contributed by atoms with Gasteiger partial charge in [-0.15, -0.1) is 0 Å². The number of nitrogens with one attached hydrogen (secondary N) is 1. The number of para-hydroxylation sites is 1. The van der Waals surface area contributed by atoms with Gasteiger partial charge in [-0.2, -0.15) is 5.10 Å². The Balaban J connectivity index is 1.25. The molecule has 1 fully saturated rings.